The normalized spacial score (nSPS) is 20.2. The van der Waals surface area contributed by atoms with E-state index in [0.29, 0.717) is 36.2 Å². The number of carbonyl (C=O) groups excluding carboxylic acids is 1. The lowest BCUT2D eigenvalue weighted by molar-refractivity contribution is -0.136. The maximum Gasteiger partial charge on any atom is 0.338 e. The highest BCUT2D eigenvalue weighted by Gasteiger charge is 2.34. The molecule has 2 aliphatic heterocycles. The van der Waals surface area contributed by atoms with E-state index in [2.05, 4.69) is 15.2 Å². The van der Waals surface area contributed by atoms with Crippen molar-refractivity contribution in [3.8, 4) is 0 Å². The first-order chi connectivity index (χ1) is 14.2. The van der Waals surface area contributed by atoms with Gasteiger partial charge in [-0.25, -0.2) is 9.78 Å². The highest BCUT2D eigenvalue weighted by Crippen LogP contribution is 2.36. The summed E-state index contributed by atoms with van der Waals surface area (Å²) in [5.41, 5.74) is 1.97. The zero-order chi connectivity index (χ0) is 20.2. The van der Waals surface area contributed by atoms with Crippen molar-refractivity contribution in [1.82, 2.24) is 15.2 Å². The Labute approximate surface area is 178 Å². The predicted molar refractivity (Wildman–Crippen MR) is 112 cm³/mol. The van der Waals surface area contributed by atoms with Gasteiger partial charge in [-0.1, -0.05) is 29.8 Å². The maximum absolute atomic E-state index is 12.8. The summed E-state index contributed by atoms with van der Waals surface area (Å²) in [4.78, 5) is 24.3. The average Bonchev–Trinajstić information content (AvgIpc) is 3.29. The highest BCUT2D eigenvalue weighted by atomic mass is 35.5. The molecule has 3 heterocycles. The van der Waals surface area contributed by atoms with Gasteiger partial charge in [0.1, 0.15) is 6.04 Å². The third-order valence-corrected chi connectivity index (χ3v) is 5.98. The molecule has 0 saturated carbocycles. The van der Waals surface area contributed by atoms with Crippen LogP contribution in [0, 0.1) is 0 Å². The molecule has 1 atom stereocenters. The van der Waals surface area contributed by atoms with Gasteiger partial charge in [0.05, 0.1) is 25.9 Å². The average molecular weight is 433 g/mol. The summed E-state index contributed by atoms with van der Waals surface area (Å²) in [6.45, 7) is 3.48. The van der Waals surface area contributed by atoms with Gasteiger partial charge < -0.3 is 14.8 Å². The van der Waals surface area contributed by atoms with Crippen LogP contribution in [0.25, 0.3) is 0 Å². The van der Waals surface area contributed by atoms with E-state index < -0.39 is 12.0 Å². The summed E-state index contributed by atoms with van der Waals surface area (Å²) >= 11 is 7.96. The second-order valence-corrected chi connectivity index (χ2v) is 7.94. The highest BCUT2D eigenvalue weighted by molar-refractivity contribution is 7.11. The van der Waals surface area contributed by atoms with Crippen LogP contribution >= 0.6 is 22.9 Å². The van der Waals surface area contributed by atoms with Crippen molar-refractivity contribution in [3.63, 3.8) is 0 Å². The molecule has 1 saturated heterocycles. The second kappa shape index (κ2) is 9.04. The Morgan fingerprint density at radius 3 is 2.86 bits per heavy atom. The van der Waals surface area contributed by atoms with Gasteiger partial charge >= 0.3 is 5.97 Å². The van der Waals surface area contributed by atoms with Gasteiger partial charge in [-0.15, -0.1) is 11.3 Å². The Kier molecular flexibility index (Phi) is 6.25. The van der Waals surface area contributed by atoms with Crippen molar-refractivity contribution in [1.29, 1.82) is 0 Å². The maximum atomic E-state index is 12.8. The first-order valence-corrected chi connectivity index (χ1v) is 10.5. The van der Waals surface area contributed by atoms with E-state index in [-0.39, 0.29) is 0 Å². The molecule has 7 nitrogen and oxygen atoms in total. The van der Waals surface area contributed by atoms with E-state index in [1.165, 1.54) is 18.4 Å². The Morgan fingerprint density at radius 2 is 2.17 bits per heavy atom. The quantitative estimate of drug-likeness (QED) is 0.732. The summed E-state index contributed by atoms with van der Waals surface area (Å²) in [7, 11) is 1.38. The molecule has 0 amide bonds. The van der Waals surface area contributed by atoms with Crippen molar-refractivity contribution >= 4 is 34.7 Å². The van der Waals surface area contributed by atoms with E-state index in [1.807, 2.05) is 23.6 Å². The van der Waals surface area contributed by atoms with Crippen LogP contribution in [-0.4, -0.2) is 61.6 Å². The van der Waals surface area contributed by atoms with E-state index in [1.54, 1.807) is 12.3 Å². The molecule has 0 radical (unpaired) electrons. The van der Waals surface area contributed by atoms with E-state index >= 15 is 0 Å². The van der Waals surface area contributed by atoms with Crippen LogP contribution in [-0.2, 0) is 14.3 Å². The number of rotatable bonds is 5. The summed E-state index contributed by atoms with van der Waals surface area (Å²) in [6.07, 6.45) is 1.73. The van der Waals surface area contributed by atoms with Crippen LogP contribution in [0.2, 0.25) is 5.02 Å². The van der Waals surface area contributed by atoms with Crippen molar-refractivity contribution in [2.24, 2.45) is 4.99 Å². The van der Waals surface area contributed by atoms with Crippen molar-refractivity contribution in [2.45, 2.75) is 6.04 Å². The minimum atomic E-state index is -0.577. The first kappa shape index (κ1) is 20.0. The topological polar surface area (TPSA) is 76.0 Å². The number of aliphatic imine (C=N–C) groups is 1. The zero-order valence-corrected chi connectivity index (χ0v) is 17.5. The van der Waals surface area contributed by atoms with Crippen LogP contribution in [0.5, 0.6) is 0 Å². The Hall–Kier alpha value is -2.26. The molecule has 0 spiro atoms. The van der Waals surface area contributed by atoms with Crippen molar-refractivity contribution in [3.05, 3.63) is 62.7 Å². The van der Waals surface area contributed by atoms with Gasteiger partial charge in [0.15, 0.2) is 10.8 Å². The molecule has 0 bridgehead atoms. The Balaban J connectivity index is 1.80. The minimum Gasteiger partial charge on any atom is -0.466 e. The largest absolute Gasteiger partial charge is 0.466 e. The fourth-order valence-electron chi connectivity index (χ4n) is 3.42. The fraction of sp³-hybridized carbons (Fsp3) is 0.350. The number of aromatic nitrogens is 1. The van der Waals surface area contributed by atoms with Crippen LogP contribution in [0.3, 0.4) is 0 Å². The number of morpholine rings is 1. The van der Waals surface area contributed by atoms with Crippen molar-refractivity contribution in [2.75, 3.05) is 40.0 Å². The number of amidine groups is 1. The molecule has 9 heteroatoms. The van der Waals surface area contributed by atoms with E-state index in [4.69, 9.17) is 26.1 Å². The van der Waals surface area contributed by atoms with Gasteiger partial charge in [-0.3, -0.25) is 9.89 Å². The van der Waals surface area contributed by atoms with Gasteiger partial charge in [0.2, 0.25) is 0 Å². The number of halogens is 1. The number of hydrogen-bond donors (Lipinski definition) is 1. The van der Waals surface area contributed by atoms with Crippen LogP contribution < -0.4 is 5.32 Å². The number of methoxy groups -OCH3 is 1. The first-order valence-electron chi connectivity index (χ1n) is 9.28. The molecule has 2 aromatic rings. The minimum absolute atomic E-state index is 0.424. The lowest BCUT2D eigenvalue weighted by atomic mass is 9.95. The monoisotopic (exact) mass is 432 g/mol. The lowest BCUT2D eigenvalue weighted by Gasteiger charge is -2.32. The molecule has 1 aromatic heterocycles. The lowest BCUT2D eigenvalue weighted by Crippen LogP contribution is -2.43. The summed E-state index contributed by atoms with van der Waals surface area (Å²) < 4.78 is 10.6. The molecule has 152 valence electrons. The second-order valence-electron chi connectivity index (χ2n) is 6.64. The standard InChI is InChI=1S/C20H21ClN4O3S/c1-27-20(26)16-15(12-25-7-9-28-10-8-25)23-18(19-22-6-11-29-19)24-17(16)13-4-2-3-5-14(13)21/h2-6,11,17H,7-10,12H2,1H3,(H,23,24). The molecular weight excluding hydrogens is 412 g/mol. The summed E-state index contributed by atoms with van der Waals surface area (Å²) in [5, 5.41) is 6.54. The van der Waals surface area contributed by atoms with Crippen LogP contribution in [0.15, 0.2) is 52.1 Å². The number of nitrogens with one attached hydrogen (secondary N) is 1. The molecule has 1 N–H and O–H groups in total. The number of esters is 1. The third kappa shape index (κ3) is 4.35. The number of ether oxygens (including phenoxy) is 2. The Morgan fingerprint density at radius 1 is 1.38 bits per heavy atom. The number of carbonyl (C=O) groups is 1. The van der Waals surface area contributed by atoms with Crippen molar-refractivity contribution < 1.29 is 14.3 Å². The number of nitrogens with zero attached hydrogens (tertiary/aromatic N) is 3. The number of hydrogen-bond acceptors (Lipinski definition) is 8. The molecule has 4 rings (SSSR count). The van der Waals surface area contributed by atoms with Crippen LogP contribution in [0.1, 0.15) is 16.6 Å². The summed E-state index contributed by atoms with van der Waals surface area (Å²) in [6, 6.07) is 6.85. The Bertz CT molecular complexity index is 939. The SMILES string of the molecule is COC(=O)C1=C(CN2CCOCC2)NC(c2nccs2)=NC1c1ccccc1Cl. The zero-order valence-electron chi connectivity index (χ0n) is 15.9. The fourth-order valence-corrected chi connectivity index (χ4v) is 4.25. The predicted octanol–water partition coefficient (Wildman–Crippen LogP) is 2.65. The number of thiazole rings is 1. The van der Waals surface area contributed by atoms with Gasteiger partial charge in [0, 0.05) is 47.5 Å². The number of benzene rings is 1. The third-order valence-electron chi connectivity index (χ3n) is 4.85. The van der Waals surface area contributed by atoms with Crippen LogP contribution in [0.4, 0.5) is 0 Å². The molecule has 2 aliphatic rings. The molecule has 1 aromatic carbocycles. The van der Waals surface area contributed by atoms with Gasteiger partial charge in [0.25, 0.3) is 0 Å². The molecule has 1 unspecified atom stereocenters. The molecule has 0 aliphatic carbocycles. The van der Waals surface area contributed by atoms with Gasteiger partial charge in [-0.2, -0.15) is 0 Å². The van der Waals surface area contributed by atoms with E-state index in [0.717, 1.165) is 29.4 Å². The molecule has 1 fully saturated rings. The molecule has 29 heavy (non-hydrogen) atoms. The van der Waals surface area contributed by atoms with Gasteiger partial charge in [-0.05, 0) is 6.07 Å². The van der Waals surface area contributed by atoms with E-state index in [9.17, 15) is 4.79 Å². The summed E-state index contributed by atoms with van der Waals surface area (Å²) in [5.74, 6) is 0.202. The smallest absolute Gasteiger partial charge is 0.338 e. The molecular formula is C20H21ClN4O3S.